The molecule has 0 N–H and O–H groups in total. The average Bonchev–Trinajstić information content (AvgIpc) is 2.28. The highest BCUT2D eigenvalue weighted by Crippen LogP contribution is 2.16. The van der Waals surface area contributed by atoms with E-state index in [-0.39, 0.29) is 0 Å². The third-order valence-corrected chi connectivity index (χ3v) is 2.40. The van der Waals surface area contributed by atoms with E-state index in [0.717, 1.165) is 6.42 Å². The highest BCUT2D eigenvalue weighted by Gasteiger charge is 2.00. The monoisotopic (exact) mass is 149 g/mol. The second-order valence-electron chi connectivity index (χ2n) is 2.18. The van der Waals surface area contributed by atoms with Gasteiger partial charge >= 0.3 is 0 Å². The fourth-order valence-corrected chi connectivity index (χ4v) is 1.78. The minimum atomic E-state index is 1.03. The molecular formula is C8H7NS. The summed E-state index contributed by atoms with van der Waals surface area (Å²) < 4.78 is 0. The van der Waals surface area contributed by atoms with E-state index in [9.17, 15) is 0 Å². The van der Waals surface area contributed by atoms with Gasteiger partial charge in [0.05, 0.1) is 0 Å². The number of nitrogens with zero attached hydrogens (tertiary/aromatic N) is 1. The van der Waals surface area contributed by atoms with Crippen LogP contribution in [0.3, 0.4) is 0 Å². The first-order valence-electron chi connectivity index (χ1n) is 3.21. The Morgan fingerprint density at radius 3 is 3.50 bits per heavy atom. The van der Waals surface area contributed by atoms with Crippen LogP contribution in [0.2, 0.25) is 0 Å². The fourth-order valence-electron chi connectivity index (χ4n) is 0.981. The first-order chi connectivity index (χ1) is 4.97. The van der Waals surface area contributed by atoms with Crippen LogP contribution in [0.5, 0.6) is 0 Å². The largest absolute Gasteiger partial charge is 0.264 e. The van der Waals surface area contributed by atoms with Crippen LogP contribution in [0.15, 0.2) is 28.7 Å². The predicted molar refractivity (Wildman–Crippen MR) is 44.8 cm³/mol. The van der Waals surface area contributed by atoms with Gasteiger partial charge in [-0.3, -0.25) is 4.99 Å². The Kier molecular flexibility index (Phi) is 1.40. The zero-order chi connectivity index (χ0) is 6.81. The molecule has 0 aromatic carbocycles. The van der Waals surface area contributed by atoms with Gasteiger partial charge in [0.2, 0.25) is 0 Å². The Morgan fingerprint density at radius 2 is 2.50 bits per heavy atom. The lowest BCUT2D eigenvalue weighted by Crippen LogP contribution is -1.79. The second-order valence-corrected chi connectivity index (χ2v) is 3.12. The number of thiophene rings is 1. The third kappa shape index (κ3) is 0.907. The number of hydrogen-bond donors (Lipinski definition) is 0. The van der Waals surface area contributed by atoms with Crippen LogP contribution in [0.1, 0.15) is 10.4 Å². The van der Waals surface area contributed by atoms with Crippen molar-refractivity contribution in [1.29, 1.82) is 0 Å². The Bertz CT molecular complexity index is 283. The van der Waals surface area contributed by atoms with Gasteiger partial charge in [0.15, 0.2) is 0 Å². The second kappa shape index (κ2) is 2.39. The summed E-state index contributed by atoms with van der Waals surface area (Å²) in [4.78, 5) is 5.39. The van der Waals surface area contributed by atoms with Crippen molar-refractivity contribution in [3.63, 3.8) is 0 Å². The molecule has 2 heteroatoms. The molecule has 0 atom stereocenters. The maximum absolute atomic E-state index is 4.09. The summed E-state index contributed by atoms with van der Waals surface area (Å²) in [5.41, 5.74) is 1.39. The lowest BCUT2D eigenvalue weighted by molar-refractivity contribution is 1.29. The van der Waals surface area contributed by atoms with E-state index in [1.807, 2.05) is 12.4 Å². The van der Waals surface area contributed by atoms with Crippen LogP contribution in [0, 0.1) is 0 Å². The summed E-state index contributed by atoms with van der Waals surface area (Å²) in [7, 11) is 0. The highest BCUT2D eigenvalue weighted by molar-refractivity contribution is 7.11. The predicted octanol–water partition coefficient (Wildman–Crippen LogP) is 2.24. The molecule has 1 aliphatic heterocycles. The summed E-state index contributed by atoms with van der Waals surface area (Å²) in [5, 5.41) is 2.11. The molecule has 1 aromatic rings. The van der Waals surface area contributed by atoms with E-state index in [1.54, 1.807) is 11.3 Å². The molecule has 0 bridgehead atoms. The van der Waals surface area contributed by atoms with Crippen LogP contribution >= 0.6 is 11.3 Å². The van der Waals surface area contributed by atoms with Gasteiger partial charge in [0.25, 0.3) is 0 Å². The van der Waals surface area contributed by atoms with E-state index >= 15 is 0 Å². The summed E-state index contributed by atoms with van der Waals surface area (Å²) >= 11 is 1.75. The van der Waals surface area contributed by atoms with Crippen molar-refractivity contribution in [3.8, 4) is 0 Å². The first kappa shape index (κ1) is 5.86. The molecule has 0 spiro atoms. The van der Waals surface area contributed by atoms with Crippen molar-refractivity contribution in [2.24, 2.45) is 4.99 Å². The van der Waals surface area contributed by atoms with E-state index in [2.05, 4.69) is 22.5 Å². The molecule has 2 rings (SSSR count). The Balaban J connectivity index is 2.50. The van der Waals surface area contributed by atoms with Gasteiger partial charge in [-0.1, -0.05) is 6.08 Å². The summed E-state index contributed by atoms with van der Waals surface area (Å²) in [6, 6.07) is 2.15. The molecule has 2 heterocycles. The van der Waals surface area contributed by atoms with Gasteiger partial charge in [0.1, 0.15) is 0 Å². The number of fused-ring (bicyclic) bond motifs is 1. The summed E-state index contributed by atoms with van der Waals surface area (Å²) in [5.74, 6) is 0. The molecule has 1 aromatic heterocycles. The first-order valence-corrected chi connectivity index (χ1v) is 4.09. The lowest BCUT2D eigenvalue weighted by Gasteiger charge is -1.88. The smallest absolute Gasteiger partial charge is 0.0488 e. The Labute approximate surface area is 63.7 Å². The number of hydrogen-bond acceptors (Lipinski definition) is 2. The molecule has 50 valence electrons. The molecule has 0 unspecified atom stereocenters. The standard InChI is InChI=1S/C8H7NS/c1-2-7-3-5-10-8(7)6-9-4-1/h1,3-6H,2H2. The minimum absolute atomic E-state index is 1.03. The quantitative estimate of drug-likeness (QED) is 0.536. The van der Waals surface area contributed by atoms with Crippen molar-refractivity contribution in [2.45, 2.75) is 6.42 Å². The van der Waals surface area contributed by atoms with E-state index < -0.39 is 0 Å². The topological polar surface area (TPSA) is 12.4 Å². The summed E-state index contributed by atoms with van der Waals surface area (Å²) in [6.07, 6.45) is 6.88. The van der Waals surface area contributed by atoms with Crippen LogP contribution in [0.4, 0.5) is 0 Å². The van der Waals surface area contributed by atoms with Gasteiger partial charge in [-0.05, 0) is 23.4 Å². The maximum Gasteiger partial charge on any atom is 0.0488 e. The highest BCUT2D eigenvalue weighted by atomic mass is 32.1. The lowest BCUT2D eigenvalue weighted by atomic mass is 10.2. The van der Waals surface area contributed by atoms with Crippen LogP contribution in [-0.2, 0) is 6.42 Å². The van der Waals surface area contributed by atoms with Crippen molar-refractivity contribution in [2.75, 3.05) is 0 Å². The van der Waals surface area contributed by atoms with Crippen LogP contribution in [0.25, 0.3) is 0 Å². The van der Waals surface area contributed by atoms with Gasteiger partial charge in [-0.2, -0.15) is 0 Å². The zero-order valence-corrected chi connectivity index (χ0v) is 6.27. The maximum atomic E-state index is 4.09. The van der Waals surface area contributed by atoms with Crippen molar-refractivity contribution in [3.05, 3.63) is 34.2 Å². The Hall–Kier alpha value is -0.890. The number of aliphatic imine (C=N–C) groups is 1. The molecule has 10 heavy (non-hydrogen) atoms. The third-order valence-electron chi connectivity index (χ3n) is 1.50. The molecule has 0 saturated heterocycles. The molecule has 1 nitrogen and oxygen atoms in total. The van der Waals surface area contributed by atoms with Crippen molar-refractivity contribution in [1.82, 2.24) is 0 Å². The van der Waals surface area contributed by atoms with Crippen molar-refractivity contribution < 1.29 is 0 Å². The van der Waals surface area contributed by atoms with E-state index in [1.165, 1.54) is 10.4 Å². The van der Waals surface area contributed by atoms with Gasteiger partial charge < -0.3 is 0 Å². The fraction of sp³-hybridized carbons (Fsp3) is 0.125. The minimum Gasteiger partial charge on any atom is -0.264 e. The molecule has 0 amide bonds. The van der Waals surface area contributed by atoms with Crippen LogP contribution in [-0.4, -0.2) is 6.21 Å². The molecular weight excluding hydrogens is 142 g/mol. The SMILES string of the molecule is C1=CN=Cc2sccc2C1. The number of rotatable bonds is 0. The number of allylic oxidation sites excluding steroid dienone is 1. The molecule has 0 fully saturated rings. The average molecular weight is 149 g/mol. The summed E-state index contributed by atoms with van der Waals surface area (Å²) in [6.45, 7) is 0. The van der Waals surface area contributed by atoms with Crippen LogP contribution < -0.4 is 0 Å². The zero-order valence-electron chi connectivity index (χ0n) is 5.45. The normalized spacial score (nSPS) is 14.8. The molecule has 0 radical (unpaired) electrons. The molecule has 0 aliphatic carbocycles. The Morgan fingerprint density at radius 1 is 1.50 bits per heavy atom. The van der Waals surface area contributed by atoms with E-state index in [0.29, 0.717) is 0 Å². The molecule has 0 saturated carbocycles. The van der Waals surface area contributed by atoms with Gasteiger partial charge in [0, 0.05) is 17.3 Å². The van der Waals surface area contributed by atoms with Crippen molar-refractivity contribution >= 4 is 17.6 Å². The van der Waals surface area contributed by atoms with Gasteiger partial charge in [-0.15, -0.1) is 11.3 Å². The van der Waals surface area contributed by atoms with E-state index in [4.69, 9.17) is 0 Å². The van der Waals surface area contributed by atoms with Gasteiger partial charge in [-0.25, -0.2) is 0 Å². The molecule has 1 aliphatic rings.